The number of unbranched alkanes of at least 4 members (excludes halogenated alkanes) is 1. The van der Waals surface area contributed by atoms with Gasteiger partial charge in [0.15, 0.2) is 34.7 Å². The van der Waals surface area contributed by atoms with Crippen molar-refractivity contribution in [1.82, 2.24) is 4.90 Å². The fraction of sp³-hybridized carbons (Fsp3) is 0.538. The topological polar surface area (TPSA) is 181 Å². The minimum absolute atomic E-state index is 0.00154. The molecule has 3 aliphatic rings. The molecule has 0 aromatic heterocycles. The number of ether oxygens (including phenoxy) is 1. The Balaban J connectivity index is 1.81. The molecule has 3 unspecified atom stereocenters. The maximum absolute atomic E-state index is 13.7. The third-order valence-corrected chi connectivity index (χ3v) is 7.90. The average Bonchev–Trinajstić information content (AvgIpc) is 2.81. The van der Waals surface area contributed by atoms with Crippen LogP contribution in [0.4, 0.5) is 0 Å². The number of rotatable bonds is 6. The van der Waals surface area contributed by atoms with E-state index in [4.69, 9.17) is 10.5 Å². The molecule has 37 heavy (non-hydrogen) atoms. The molecular weight excluding hydrogens is 484 g/mol. The average molecular weight is 515 g/mol. The molecule has 1 aromatic rings. The molecule has 3 aliphatic carbocycles. The van der Waals surface area contributed by atoms with Crippen LogP contribution in [-0.2, 0) is 30.3 Å². The SMILES string of the molecule is CCCCOC(=O)c1ccc(O)c2c1C[C@H]1C[C@H]3C(N(C)C)C(=O)C(C(N)=O)C(=O)[C@@]3(O)C(=O)C1C2=O. The Bertz CT molecular complexity index is 1220. The van der Waals surface area contributed by atoms with Crippen LogP contribution in [-0.4, -0.2) is 82.5 Å². The van der Waals surface area contributed by atoms with Crippen LogP contribution in [0, 0.1) is 23.7 Å². The Morgan fingerprint density at radius 1 is 1.16 bits per heavy atom. The smallest absolute Gasteiger partial charge is 0.338 e. The molecule has 6 atom stereocenters. The molecule has 0 radical (unpaired) electrons. The van der Waals surface area contributed by atoms with Gasteiger partial charge in [-0.2, -0.15) is 0 Å². The lowest BCUT2D eigenvalue weighted by atomic mass is 9.52. The Labute approximate surface area is 212 Å². The first-order chi connectivity index (χ1) is 17.4. The predicted octanol–water partition coefficient (Wildman–Crippen LogP) is -0.176. The third kappa shape index (κ3) is 3.88. The summed E-state index contributed by atoms with van der Waals surface area (Å²) < 4.78 is 5.30. The van der Waals surface area contributed by atoms with Crippen LogP contribution < -0.4 is 5.73 Å². The second kappa shape index (κ2) is 9.46. The third-order valence-electron chi connectivity index (χ3n) is 7.90. The van der Waals surface area contributed by atoms with E-state index in [1.807, 2.05) is 6.92 Å². The van der Waals surface area contributed by atoms with Crippen LogP contribution in [0.2, 0.25) is 0 Å². The maximum Gasteiger partial charge on any atom is 0.338 e. The van der Waals surface area contributed by atoms with Crippen LogP contribution in [0.3, 0.4) is 0 Å². The minimum atomic E-state index is -2.79. The van der Waals surface area contributed by atoms with Gasteiger partial charge in [-0.3, -0.25) is 28.9 Å². The van der Waals surface area contributed by atoms with E-state index in [1.165, 1.54) is 25.1 Å². The van der Waals surface area contributed by atoms with Gasteiger partial charge in [-0.25, -0.2) is 4.79 Å². The number of hydrogen-bond acceptors (Lipinski definition) is 10. The van der Waals surface area contributed by atoms with E-state index in [0.29, 0.717) is 6.42 Å². The van der Waals surface area contributed by atoms with Crippen molar-refractivity contribution < 1.29 is 43.7 Å². The van der Waals surface area contributed by atoms with E-state index >= 15 is 0 Å². The van der Waals surface area contributed by atoms with E-state index in [-0.39, 0.29) is 36.1 Å². The number of phenolic OH excluding ortho intramolecular Hbond substituents is 1. The van der Waals surface area contributed by atoms with Crippen LogP contribution in [0.1, 0.15) is 52.5 Å². The number of phenols is 1. The van der Waals surface area contributed by atoms with Gasteiger partial charge in [0.05, 0.1) is 29.7 Å². The molecule has 2 fully saturated rings. The monoisotopic (exact) mass is 514 g/mol. The highest BCUT2D eigenvalue weighted by atomic mass is 16.5. The molecule has 1 aromatic carbocycles. The zero-order valence-corrected chi connectivity index (χ0v) is 20.9. The number of nitrogens with two attached hydrogens (primary N) is 1. The van der Waals surface area contributed by atoms with Crippen LogP contribution in [0.25, 0.3) is 0 Å². The highest BCUT2D eigenvalue weighted by Gasteiger charge is 2.69. The molecule has 4 rings (SSSR count). The van der Waals surface area contributed by atoms with Crippen molar-refractivity contribution in [3.8, 4) is 5.75 Å². The summed E-state index contributed by atoms with van der Waals surface area (Å²) in [5.74, 6) is -12.1. The van der Waals surface area contributed by atoms with Crippen molar-refractivity contribution in [1.29, 1.82) is 0 Å². The standard InChI is InChI=1S/C26H30N2O9/c1-4-5-8-37-25(35)12-6-7-15(29)17-13(12)9-11-10-14-19(28(2)3)21(31)18(24(27)34)23(33)26(14,36)22(32)16(11)20(17)30/h6-7,11,14,16,18-19,29,36H,4-5,8-10H2,1-3H3,(H2,27,34)/t11-,14-,16?,18?,19?,26-/m0/s1. The highest BCUT2D eigenvalue weighted by Crippen LogP contribution is 2.51. The van der Waals surface area contributed by atoms with Gasteiger partial charge in [-0.15, -0.1) is 0 Å². The number of hydrogen-bond donors (Lipinski definition) is 3. The van der Waals surface area contributed by atoms with E-state index < -0.39 is 76.1 Å². The van der Waals surface area contributed by atoms with Gasteiger partial charge in [-0.1, -0.05) is 13.3 Å². The number of amides is 1. The predicted molar refractivity (Wildman–Crippen MR) is 127 cm³/mol. The number of aliphatic hydroxyl groups is 1. The van der Waals surface area contributed by atoms with Crippen molar-refractivity contribution in [2.45, 2.75) is 44.2 Å². The number of carbonyl (C=O) groups excluding carboxylic acids is 6. The number of likely N-dealkylation sites (N-methyl/N-ethyl adjacent to an activating group) is 1. The lowest BCUT2D eigenvalue weighted by Crippen LogP contribution is -2.74. The first kappa shape index (κ1) is 26.6. The van der Waals surface area contributed by atoms with Crippen molar-refractivity contribution in [3.05, 3.63) is 28.8 Å². The van der Waals surface area contributed by atoms with Gasteiger partial charge >= 0.3 is 5.97 Å². The second-order valence-electron chi connectivity index (χ2n) is 10.3. The fourth-order valence-corrected chi connectivity index (χ4v) is 6.18. The highest BCUT2D eigenvalue weighted by molar-refractivity contribution is 6.32. The van der Waals surface area contributed by atoms with Gasteiger partial charge in [0.25, 0.3) is 0 Å². The molecular formula is C26H30N2O9. The van der Waals surface area contributed by atoms with Gasteiger partial charge < -0.3 is 20.7 Å². The van der Waals surface area contributed by atoms with Crippen LogP contribution in [0.5, 0.6) is 5.75 Å². The number of nitrogens with zero attached hydrogens (tertiary/aromatic N) is 1. The minimum Gasteiger partial charge on any atom is -0.507 e. The summed E-state index contributed by atoms with van der Waals surface area (Å²) in [5, 5.41) is 22.1. The largest absolute Gasteiger partial charge is 0.507 e. The van der Waals surface area contributed by atoms with E-state index in [0.717, 1.165) is 12.5 Å². The van der Waals surface area contributed by atoms with E-state index in [1.54, 1.807) is 0 Å². The Morgan fingerprint density at radius 2 is 1.84 bits per heavy atom. The number of carbonyl (C=O) groups is 6. The molecule has 0 bridgehead atoms. The number of benzene rings is 1. The number of primary amides is 1. The summed E-state index contributed by atoms with van der Waals surface area (Å²) in [6.07, 6.45) is 1.35. The normalized spacial score (nSPS) is 31.0. The molecule has 198 valence electrons. The lowest BCUT2D eigenvalue weighted by Gasteiger charge is -2.52. The van der Waals surface area contributed by atoms with Gasteiger partial charge in [0, 0.05) is 5.92 Å². The summed E-state index contributed by atoms with van der Waals surface area (Å²) in [5.41, 5.74) is 2.57. The van der Waals surface area contributed by atoms with Gasteiger partial charge in [-0.05, 0) is 57.0 Å². The van der Waals surface area contributed by atoms with Gasteiger partial charge in [0.2, 0.25) is 5.91 Å². The van der Waals surface area contributed by atoms with Crippen molar-refractivity contribution >= 4 is 35.0 Å². The molecule has 0 heterocycles. The van der Waals surface area contributed by atoms with Gasteiger partial charge in [0.1, 0.15) is 5.75 Å². The van der Waals surface area contributed by atoms with Crippen LogP contribution >= 0.6 is 0 Å². The molecule has 0 saturated heterocycles. The van der Waals surface area contributed by atoms with Crippen molar-refractivity contribution in [3.63, 3.8) is 0 Å². The summed E-state index contributed by atoms with van der Waals surface area (Å²) in [7, 11) is 3.02. The first-order valence-corrected chi connectivity index (χ1v) is 12.2. The first-order valence-electron chi connectivity index (χ1n) is 12.2. The number of ketones is 4. The Morgan fingerprint density at radius 3 is 2.43 bits per heavy atom. The van der Waals surface area contributed by atoms with E-state index in [9.17, 15) is 39.0 Å². The quantitative estimate of drug-likeness (QED) is 0.262. The second-order valence-corrected chi connectivity index (χ2v) is 10.3. The molecule has 2 saturated carbocycles. The number of Topliss-reactive ketones (excluding diaryl/α,β-unsaturated/α-hetero) is 4. The molecule has 4 N–H and O–H groups in total. The molecule has 11 nitrogen and oxygen atoms in total. The lowest BCUT2D eigenvalue weighted by molar-refractivity contribution is -0.181. The molecule has 0 spiro atoms. The summed E-state index contributed by atoms with van der Waals surface area (Å²) in [6.45, 7) is 2.11. The fourth-order valence-electron chi connectivity index (χ4n) is 6.18. The molecule has 11 heteroatoms. The number of fused-ring (bicyclic) bond motifs is 3. The Hall–Kier alpha value is -3.44. The Kier molecular flexibility index (Phi) is 6.80. The number of aromatic hydroxyl groups is 1. The summed E-state index contributed by atoms with van der Waals surface area (Å²) in [4.78, 5) is 79.9. The zero-order valence-electron chi connectivity index (χ0n) is 20.9. The van der Waals surface area contributed by atoms with Crippen molar-refractivity contribution in [2.75, 3.05) is 20.7 Å². The van der Waals surface area contributed by atoms with Crippen molar-refractivity contribution in [2.24, 2.45) is 29.4 Å². The number of esters is 1. The summed E-state index contributed by atoms with van der Waals surface area (Å²) >= 11 is 0. The van der Waals surface area contributed by atoms with E-state index in [2.05, 4.69) is 0 Å². The maximum atomic E-state index is 13.7. The molecule has 1 amide bonds. The zero-order chi connectivity index (χ0) is 27.4. The van der Waals surface area contributed by atoms with Crippen LogP contribution in [0.15, 0.2) is 12.1 Å². The summed E-state index contributed by atoms with van der Waals surface area (Å²) in [6, 6.07) is 1.32. The molecule has 0 aliphatic heterocycles.